The van der Waals surface area contributed by atoms with Crippen LogP contribution in [0, 0.1) is 0 Å². The lowest BCUT2D eigenvalue weighted by Crippen LogP contribution is -2.40. The Morgan fingerprint density at radius 1 is 0.667 bits per heavy atom. The largest absolute Gasteiger partial charge is 0.443 e. The summed E-state index contributed by atoms with van der Waals surface area (Å²) in [6, 6.07) is 9.13. The maximum absolute atomic E-state index is 13.8. The molecule has 0 bridgehead atoms. The van der Waals surface area contributed by atoms with Crippen LogP contribution in [0.5, 0.6) is 0 Å². The van der Waals surface area contributed by atoms with E-state index >= 15 is 0 Å². The van der Waals surface area contributed by atoms with Crippen LogP contribution in [0.2, 0.25) is 10.0 Å². The number of ketones is 2. The van der Waals surface area contributed by atoms with Gasteiger partial charge >= 0.3 is 12.2 Å². The number of nitrogens with zero attached hydrogens (tertiary/aromatic N) is 2. The molecule has 188 valence electrons. The van der Waals surface area contributed by atoms with Crippen molar-refractivity contribution in [3.63, 3.8) is 0 Å². The number of fused-ring (bicyclic) bond motifs is 2. The standard InChI is InChI=1S/C26H24Cl2N2O6/c1-25(2,3)35-23(33)29-15-11-7-9-13(27)17(15)21(31)19(29)20-22(32)18-14(28)10-8-12-16(18)30(20)24(34)36-26(4,5)6/h7-12H,1-6H3/b20-19+. The van der Waals surface area contributed by atoms with Crippen LogP contribution < -0.4 is 9.80 Å². The molecule has 10 heteroatoms. The van der Waals surface area contributed by atoms with Gasteiger partial charge in [0, 0.05) is 0 Å². The monoisotopic (exact) mass is 530 g/mol. The molecule has 0 aromatic heterocycles. The fourth-order valence-electron chi connectivity index (χ4n) is 3.95. The quantitative estimate of drug-likeness (QED) is 0.348. The Hall–Kier alpha value is -3.36. The number of halogens is 2. The molecule has 2 aromatic carbocycles. The van der Waals surface area contributed by atoms with E-state index in [9.17, 15) is 19.2 Å². The number of amides is 2. The van der Waals surface area contributed by atoms with Crippen molar-refractivity contribution in [3.8, 4) is 0 Å². The summed E-state index contributed by atoms with van der Waals surface area (Å²) in [6.07, 6.45) is -1.84. The van der Waals surface area contributed by atoms with Gasteiger partial charge in [0.25, 0.3) is 0 Å². The van der Waals surface area contributed by atoms with Crippen molar-refractivity contribution in [2.24, 2.45) is 0 Å². The van der Waals surface area contributed by atoms with Gasteiger partial charge in [0.2, 0.25) is 11.6 Å². The zero-order valence-electron chi connectivity index (χ0n) is 20.6. The van der Waals surface area contributed by atoms with Gasteiger partial charge in [0.05, 0.1) is 32.5 Å². The van der Waals surface area contributed by atoms with Crippen LogP contribution in [-0.4, -0.2) is 35.0 Å². The number of hydrogen-bond donors (Lipinski definition) is 0. The fourth-order valence-corrected chi connectivity index (χ4v) is 4.46. The van der Waals surface area contributed by atoms with E-state index in [1.54, 1.807) is 53.7 Å². The Labute approximate surface area is 218 Å². The summed E-state index contributed by atoms with van der Waals surface area (Å²) in [6.45, 7) is 9.99. The van der Waals surface area contributed by atoms with Crippen molar-refractivity contribution in [2.75, 3.05) is 9.80 Å². The molecule has 2 amide bonds. The van der Waals surface area contributed by atoms with Gasteiger partial charge in [-0.3, -0.25) is 9.59 Å². The molecule has 8 nitrogen and oxygen atoms in total. The van der Waals surface area contributed by atoms with E-state index in [0.717, 1.165) is 9.80 Å². The number of Topliss-reactive ketones (excluding diaryl/α,β-unsaturated/α-hetero) is 2. The van der Waals surface area contributed by atoms with Crippen molar-refractivity contribution in [1.82, 2.24) is 0 Å². The van der Waals surface area contributed by atoms with Crippen LogP contribution in [-0.2, 0) is 9.47 Å². The van der Waals surface area contributed by atoms with Gasteiger partial charge < -0.3 is 9.47 Å². The Bertz CT molecular complexity index is 1260. The molecule has 0 N–H and O–H groups in total. The molecular formula is C26H24Cl2N2O6. The topological polar surface area (TPSA) is 93.2 Å². The zero-order valence-corrected chi connectivity index (χ0v) is 22.1. The smallest absolute Gasteiger partial charge is 0.419 e. The maximum atomic E-state index is 13.8. The summed E-state index contributed by atoms with van der Waals surface area (Å²) < 4.78 is 11.1. The molecule has 0 spiro atoms. The highest BCUT2D eigenvalue weighted by Crippen LogP contribution is 2.46. The maximum Gasteiger partial charge on any atom is 0.419 e. The van der Waals surface area contributed by atoms with E-state index < -0.39 is 35.0 Å². The Kier molecular flexibility index (Phi) is 6.17. The number of allylic oxidation sites excluding steroid dienone is 2. The van der Waals surface area contributed by atoms with Gasteiger partial charge in [-0.1, -0.05) is 35.3 Å². The molecule has 0 unspecified atom stereocenters. The molecule has 2 aromatic rings. The molecule has 0 aliphatic carbocycles. The van der Waals surface area contributed by atoms with Crippen molar-refractivity contribution >= 4 is 58.3 Å². The molecule has 36 heavy (non-hydrogen) atoms. The molecule has 2 aliphatic heterocycles. The van der Waals surface area contributed by atoms with E-state index in [0.29, 0.717) is 0 Å². The van der Waals surface area contributed by atoms with Crippen LogP contribution in [0.15, 0.2) is 47.8 Å². The SMILES string of the molecule is CC(C)(C)OC(=O)N1/C(=C2\C(=O)c3c(Cl)cccc3N2C(=O)OC(C)(C)C)C(=O)c2c(Cl)cccc21. The predicted octanol–water partition coefficient (Wildman–Crippen LogP) is 6.78. The highest BCUT2D eigenvalue weighted by molar-refractivity contribution is 6.42. The van der Waals surface area contributed by atoms with Crippen LogP contribution >= 0.6 is 23.2 Å². The summed E-state index contributed by atoms with van der Waals surface area (Å²) in [5.41, 5.74) is -2.34. The second-order valence-corrected chi connectivity index (χ2v) is 11.1. The van der Waals surface area contributed by atoms with E-state index in [1.165, 1.54) is 24.3 Å². The summed E-state index contributed by atoms with van der Waals surface area (Å²) in [4.78, 5) is 56.3. The van der Waals surface area contributed by atoms with Gasteiger partial charge in [0.1, 0.15) is 22.6 Å². The molecule has 0 saturated carbocycles. The first kappa shape index (κ1) is 25.7. The van der Waals surface area contributed by atoms with E-state index in [-0.39, 0.29) is 43.9 Å². The molecule has 2 aliphatic rings. The first-order valence-corrected chi connectivity index (χ1v) is 11.8. The second kappa shape index (κ2) is 8.64. The number of carbonyl (C=O) groups excluding carboxylic acids is 4. The molecule has 2 heterocycles. The van der Waals surface area contributed by atoms with Crippen molar-refractivity contribution in [1.29, 1.82) is 0 Å². The van der Waals surface area contributed by atoms with Gasteiger partial charge in [-0.15, -0.1) is 0 Å². The lowest BCUT2D eigenvalue weighted by molar-refractivity contribution is 0.0571. The number of anilines is 2. The third-order valence-electron chi connectivity index (χ3n) is 5.17. The first-order chi connectivity index (χ1) is 16.6. The van der Waals surface area contributed by atoms with Gasteiger partial charge in [-0.2, -0.15) is 0 Å². The molecule has 0 saturated heterocycles. The average Bonchev–Trinajstić information content (AvgIpc) is 3.18. The van der Waals surface area contributed by atoms with E-state index in [2.05, 4.69) is 0 Å². The minimum Gasteiger partial charge on any atom is -0.443 e. The van der Waals surface area contributed by atoms with Crippen molar-refractivity contribution < 1.29 is 28.7 Å². The van der Waals surface area contributed by atoms with Gasteiger partial charge in [-0.25, -0.2) is 19.4 Å². The van der Waals surface area contributed by atoms with Gasteiger partial charge in [0.15, 0.2) is 0 Å². The van der Waals surface area contributed by atoms with Crippen LogP contribution in [0.1, 0.15) is 62.3 Å². The molecule has 0 fully saturated rings. The Balaban J connectivity index is 2.03. The predicted molar refractivity (Wildman–Crippen MR) is 136 cm³/mol. The number of carbonyl (C=O) groups is 4. The summed E-state index contributed by atoms with van der Waals surface area (Å²) in [5, 5.41) is 0.151. The number of hydrogen-bond acceptors (Lipinski definition) is 6. The molecule has 0 radical (unpaired) electrons. The minimum absolute atomic E-state index is 0.00603. The zero-order chi connectivity index (χ0) is 26.7. The lowest BCUT2D eigenvalue weighted by Gasteiger charge is -2.28. The minimum atomic E-state index is -0.923. The normalized spacial score (nSPS) is 17.3. The number of rotatable bonds is 0. The molecule has 4 rings (SSSR count). The Morgan fingerprint density at radius 3 is 1.31 bits per heavy atom. The second-order valence-electron chi connectivity index (χ2n) is 10.3. The Morgan fingerprint density at radius 2 is 1.00 bits per heavy atom. The van der Waals surface area contributed by atoms with Crippen LogP contribution in [0.3, 0.4) is 0 Å². The number of benzene rings is 2. The van der Waals surface area contributed by atoms with E-state index in [1.807, 2.05) is 0 Å². The van der Waals surface area contributed by atoms with Crippen molar-refractivity contribution in [2.45, 2.75) is 52.7 Å². The van der Waals surface area contributed by atoms with Gasteiger partial charge in [-0.05, 0) is 65.8 Å². The summed E-state index contributed by atoms with van der Waals surface area (Å²) in [5.74, 6) is -1.44. The summed E-state index contributed by atoms with van der Waals surface area (Å²) >= 11 is 12.7. The highest BCUT2D eigenvalue weighted by atomic mass is 35.5. The van der Waals surface area contributed by atoms with E-state index in [4.69, 9.17) is 32.7 Å². The van der Waals surface area contributed by atoms with Crippen LogP contribution in [0.25, 0.3) is 0 Å². The third-order valence-corrected chi connectivity index (χ3v) is 5.80. The third kappa shape index (κ3) is 4.35. The summed E-state index contributed by atoms with van der Waals surface area (Å²) in [7, 11) is 0. The van der Waals surface area contributed by atoms with Crippen molar-refractivity contribution in [3.05, 3.63) is 69.0 Å². The molecular weight excluding hydrogens is 507 g/mol. The lowest BCUT2D eigenvalue weighted by atomic mass is 10.1. The highest BCUT2D eigenvalue weighted by Gasteiger charge is 2.49. The molecule has 0 atom stereocenters. The fraction of sp³-hybridized carbons (Fsp3) is 0.308. The first-order valence-electron chi connectivity index (χ1n) is 11.1. The number of ether oxygens (including phenoxy) is 2. The van der Waals surface area contributed by atoms with Crippen LogP contribution in [0.4, 0.5) is 21.0 Å². The average molecular weight is 531 g/mol.